The third kappa shape index (κ3) is 8.55. The van der Waals surface area contributed by atoms with Crippen molar-refractivity contribution in [2.75, 3.05) is 0 Å². The van der Waals surface area contributed by atoms with E-state index in [-0.39, 0.29) is 30.9 Å². The summed E-state index contributed by atoms with van der Waals surface area (Å²) in [6.07, 6.45) is -2.32. The van der Waals surface area contributed by atoms with Crippen LogP contribution in [0.3, 0.4) is 0 Å². The van der Waals surface area contributed by atoms with Crippen LogP contribution in [0, 0.1) is 12.1 Å². The zero-order valence-electron chi connectivity index (χ0n) is 47.1. The minimum Gasteiger partial charge on any atom is -0.332 e. The smallest absolute Gasteiger partial charge is 0.0852 e. The number of imidazole rings is 1. The average molecular weight is 1100 g/mol. The van der Waals surface area contributed by atoms with E-state index in [2.05, 4.69) is 137 Å². The topological polar surface area (TPSA) is 30.7 Å². The number of nitrogens with zero attached hydrogens (tertiary/aromatic N) is 3. The quantitative estimate of drug-likeness (QED) is 0.112. The SMILES string of the molecule is [2H]C([2H])(C)c1cc(-c2[c-]cccc2)ncc1[Si](C)(C([2H])([2H])[2H])C([2H])([2H])[2H].[2H]C([2H])(c1ccccc1)c1ccc2c(c1)sc1c(-c3nc4c5ccccc5ccc4n3-c3c(-c4ccccc4)ccc4ccccc34)[c-]ccc12.[Ir]. The number of benzene rings is 9. The van der Waals surface area contributed by atoms with Crippen molar-refractivity contribution in [3.8, 4) is 39.5 Å². The summed E-state index contributed by atoms with van der Waals surface area (Å²) in [5, 5.41) is 6.76. The molecule has 333 valence electrons. The van der Waals surface area contributed by atoms with Crippen LogP contribution in [0.5, 0.6) is 0 Å². The Labute approximate surface area is 431 Å². The van der Waals surface area contributed by atoms with Crippen molar-refractivity contribution in [3.63, 3.8) is 0 Å². The van der Waals surface area contributed by atoms with Crippen LogP contribution in [0.4, 0.5) is 0 Å². The molecule has 0 bridgehead atoms. The maximum absolute atomic E-state index is 9.05. The first-order valence-corrected chi connectivity index (χ1v) is 25.5. The maximum Gasteiger partial charge on any atom is 0.0852 e. The molecule has 0 spiro atoms. The van der Waals surface area contributed by atoms with E-state index in [1.807, 2.05) is 48.5 Å². The second-order valence-electron chi connectivity index (χ2n) is 16.6. The molecular formula is C62H49IrN3SSi-2. The fourth-order valence-electron chi connectivity index (χ4n) is 8.99. The number of rotatable bonds is 8. The molecule has 0 saturated heterocycles. The first-order chi connectivity index (χ1) is 36.8. The van der Waals surface area contributed by atoms with E-state index in [0.717, 1.165) is 81.0 Å². The monoisotopic (exact) mass is 1100 g/mol. The molecule has 12 rings (SSSR count). The van der Waals surface area contributed by atoms with Gasteiger partial charge in [0.25, 0.3) is 0 Å². The van der Waals surface area contributed by atoms with E-state index in [0.29, 0.717) is 22.4 Å². The number of thiophene rings is 1. The molecular weight excluding hydrogens is 1040 g/mol. The molecule has 0 fully saturated rings. The molecule has 6 heteroatoms. The van der Waals surface area contributed by atoms with Crippen LogP contribution in [0.2, 0.25) is 19.5 Å². The van der Waals surface area contributed by atoms with E-state index < -0.39 is 33.8 Å². The molecule has 1 radical (unpaired) electrons. The normalized spacial score (nSPS) is 14.5. The zero-order valence-corrected chi connectivity index (χ0v) is 41.3. The third-order valence-corrected chi connectivity index (χ3v) is 14.8. The standard InChI is InChI=1S/C46H29N2S.C16H20NSi.Ir/c1-3-12-30(13-4-1)28-31-22-25-38-39-20-11-21-40(45(39)49-42(38)29-31)46-47-43-35-18-9-7-16-33(35)24-27-41(43)48(46)44-36-19-10-8-17-34(36)23-26-37(44)32-14-5-2-6-15-32;1-5-13-11-15(14-9-7-6-8-10-14)17-12-16(13)18(2,3)4;/h1-20,22-27,29H,28H2;6-9,11-12H,5H2,1-4H3;/q2*-1;/i28D2;2D3,3D3,5D2;. The van der Waals surface area contributed by atoms with Crippen LogP contribution >= 0.6 is 11.3 Å². The van der Waals surface area contributed by atoms with E-state index >= 15 is 0 Å². The fourth-order valence-corrected chi connectivity index (χ4v) is 11.3. The summed E-state index contributed by atoms with van der Waals surface area (Å²) >= 11 is 1.68. The number of fused-ring (bicyclic) bond motifs is 7. The number of hydrogen-bond acceptors (Lipinski definition) is 3. The molecule has 3 aromatic heterocycles. The zero-order chi connectivity index (χ0) is 54.1. The van der Waals surface area contributed by atoms with Crippen molar-refractivity contribution in [2.45, 2.75) is 39.2 Å². The van der Waals surface area contributed by atoms with Crippen molar-refractivity contribution in [1.82, 2.24) is 14.5 Å². The molecule has 9 aromatic carbocycles. The summed E-state index contributed by atoms with van der Waals surface area (Å²) in [5.74, 6) is 0.826. The van der Waals surface area contributed by atoms with E-state index in [9.17, 15) is 0 Å². The molecule has 3 heterocycles. The Bertz CT molecular complexity index is 4160. The number of hydrogen-bond donors (Lipinski definition) is 0. The Balaban J connectivity index is 0.000000217. The van der Waals surface area contributed by atoms with Crippen molar-refractivity contribution in [3.05, 3.63) is 229 Å². The van der Waals surface area contributed by atoms with Gasteiger partial charge in [-0.05, 0) is 73.3 Å². The second-order valence-corrected chi connectivity index (χ2v) is 20.5. The minimum absolute atomic E-state index is 0. The van der Waals surface area contributed by atoms with Gasteiger partial charge in [0.15, 0.2) is 0 Å². The van der Waals surface area contributed by atoms with Gasteiger partial charge in [-0.1, -0.05) is 189 Å². The van der Waals surface area contributed by atoms with Crippen molar-refractivity contribution in [2.24, 2.45) is 0 Å². The van der Waals surface area contributed by atoms with Crippen LogP contribution in [0.1, 0.15) is 37.3 Å². The molecule has 0 aliphatic heterocycles. The van der Waals surface area contributed by atoms with Crippen molar-refractivity contribution < 1.29 is 33.8 Å². The van der Waals surface area contributed by atoms with Crippen LogP contribution in [0.25, 0.3) is 92.2 Å². The van der Waals surface area contributed by atoms with Gasteiger partial charge in [0.1, 0.15) is 0 Å². The van der Waals surface area contributed by atoms with E-state index in [1.165, 1.54) is 25.7 Å². The Morgan fingerprint density at radius 1 is 0.662 bits per heavy atom. The molecule has 3 nitrogen and oxygen atoms in total. The summed E-state index contributed by atoms with van der Waals surface area (Å²) in [4.78, 5) is 9.78. The van der Waals surface area contributed by atoms with Crippen LogP contribution < -0.4 is 5.19 Å². The van der Waals surface area contributed by atoms with Crippen molar-refractivity contribution in [1.29, 1.82) is 0 Å². The Morgan fingerprint density at radius 2 is 1.38 bits per heavy atom. The van der Waals surface area contributed by atoms with Gasteiger partial charge >= 0.3 is 0 Å². The second kappa shape index (κ2) is 19.1. The molecule has 12 aromatic rings. The third-order valence-electron chi connectivity index (χ3n) is 12.2. The molecule has 0 aliphatic rings. The van der Waals surface area contributed by atoms with Gasteiger partial charge in [0, 0.05) is 61.0 Å². The first-order valence-electron chi connectivity index (χ1n) is 27.1. The van der Waals surface area contributed by atoms with Crippen LogP contribution in [0.15, 0.2) is 200 Å². The summed E-state index contributed by atoms with van der Waals surface area (Å²) in [6.45, 7) is -2.92. The molecule has 0 unspecified atom stereocenters. The fraction of sp³-hybridized carbons (Fsp3) is 0.0968. The van der Waals surface area contributed by atoms with Crippen LogP contribution in [-0.2, 0) is 32.9 Å². The van der Waals surface area contributed by atoms with Gasteiger partial charge in [-0.3, -0.25) is 4.98 Å². The largest absolute Gasteiger partial charge is 0.332 e. The average Bonchev–Trinajstić information content (AvgIpc) is 3.98. The predicted molar refractivity (Wildman–Crippen MR) is 289 cm³/mol. The molecule has 0 saturated carbocycles. The van der Waals surface area contributed by atoms with Crippen molar-refractivity contribution >= 4 is 77.3 Å². The number of aromatic nitrogens is 3. The minimum atomic E-state index is -4.12. The predicted octanol–water partition coefficient (Wildman–Crippen LogP) is 16.1. The number of aryl methyl sites for hydroxylation is 1. The summed E-state index contributed by atoms with van der Waals surface area (Å²) in [6, 6.07) is 71.1. The van der Waals surface area contributed by atoms with Gasteiger partial charge in [-0.15, -0.1) is 54.1 Å². The van der Waals surface area contributed by atoms with E-state index in [4.69, 9.17) is 18.7 Å². The molecule has 0 atom stereocenters. The van der Waals surface area contributed by atoms with Gasteiger partial charge in [0.2, 0.25) is 0 Å². The van der Waals surface area contributed by atoms with Gasteiger partial charge in [0.05, 0.1) is 30.6 Å². The summed E-state index contributed by atoms with van der Waals surface area (Å²) in [7, 11) is -4.12. The first kappa shape index (κ1) is 34.5. The summed E-state index contributed by atoms with van der Waals surface area (Å²) in [5.41, 5.74) is 8.62. The van der Waals surface area contributed by atoms with Gasteiger partial charge < -0.3 is 9.55 Å². The molecule has 0 aliphatic carbocycles. The molecule has 0 amide bonds. The molecule has 68 heavy (non-hydrogen) atoms. The number of pyridine rings is 1. The maximum atomic E-state index is 9.05. The van der Waals surface area contributed by atoms with Crippen LogP contribution in [-0.4, -0.2) is 22.6 Å². The Hall–Kier alpha value is -6.79. The van der Waals surface area contributed by atoms with E-state index in [1.54, 1.807) is 35.6 Å². The Morgan fingerprint density at radius 3 is 2.15 bits per heavy atom. The Kier molecular flexibility index (Phi) is 9.67. The van der Waals surface area contributed by atoms with Gasteiger partial charge in [-0.25, -0.2) is 0 Å². The van der Waals surface area contributed by atoms with Gasteiger partial charge in [-0.2, -0.15) is 11.3 Å². The summed E-state index contributed by atoms with van der Waals surface area (Å²) < 4.78 is 86.1. The molecule has 0 N–H and O–H groups in total.